The summed E-state index contributed by atoms with van der Waals surface area (Å²) >= 11 is 11.5. The number of rotatable bonds is 7. The number of benzene rings is 1. The quantitative estimate of drug-likeness (QED) is 0.743. The fraction of sp³-hybridized carbons (Fsp3) is 0.364. The van der Waals surface area contributed by atoms with Crippen LogP contribution in [0.2, 0.25) is 10.0 Å². The summed E-state index contributed by atoms with van der Waals surface area (Å²) in [6, 6.07) is 2.38. The summed E-state index contributed by atoms with van der Waals surface area (Å²) in [4.78, 5) is 11.1. The van der Waals surface area contributed by atoms with Crippen molar-refractivity contribution >= 4 is 44.9 Å². The predicted molar refractivity (Wildman–Crippen MR) is 77.3 cm³/mol. The van der Waals surface area contributed by atoms with E-state index in [2.05, 4.69) is 4.72 Å². The van der Waals surface area contributed by atoms with Crippen molar-refractivity contribution in [2.45, 2.75) is 6.92 Å². The van der Waals surface area contributed by atoms with Gasteiger partial charge >= 0.3 is 5.97 Å². The van der Waals surface area contributed by atoms with Crippen molar-refractivity contribution in [1.82, 2.24) is 0 Å². The number of carboxylic acid groups (broad SMARTS) is 1. The number of hydrogen-bond acceptors (Lipinski definition) is 4. The number of sulfonamides is 1. The molecule has 0 radical (unpaired) electrons. The number of aromatic carboxylic acids is 1. The largest absolute Gasteiger partial charge is 0.478 e. The molecule has 20 heavy (non-hydrogen) atoms. The molecule has 6 nitrogen and oxygen atoms in total. The molecule has 2 N–H and O–H groups in total. The van der Waals surface area contributed by atoms with E-state index in [0.29, 0.717) is 6.61 Å². The molecule has 1 rings (SSSR count). The highest BCUT2D eigenvalue weighted by atomic mass is 35.5. The van der Waals surface area contributed by atoms with Gasteiger partial charge in [0.1, 0.15) is 0 Å². The van der Waals surface area contributed by atoms with E-state index >= 15 is 0 Å². The van der Waals surface area contributed by atoms with Crippen LogP contribution in [-0.2, 0) is 14.8 Å². The maximum atomic E-state index is 11.8. The van der Waals surface area contributed by atoms with E-state index in [1.165, 1.54) is 6.07 Å². The number of nitrogens with one attached hydrogen (secondary N) is 1. The van der Waals surface area contributed by atoms with E-state index in [-0.39, 0.29) is 33.7 Å². The zero-order valence-corrected chi connectivity index (χ0v) is 12.8. The molecule has 1 aromatic rings. The summed E-state index contributed by atoms with van der Waals surface area (Å²) in [5.41, 5.74) is -0.525. The Morgan fingerprint density at radius 2 is 2.05 bits per heavy atom. The summed E-state index contributed by atoms with van der Waals surface area (Å²) < 4.78 is 30.7. The van der Waals surface area contributed by atoms with E-state index in [1.807, 2.05) is 0 Å². The van der Waals surface area contributed by atoms with Crippen molar-refractivity contribution < 1.29 is 23.1 Å². The Morgan fingerprint density at radius 1 is 1.40 bits per heavy atom. The molecule has 112 valence electrons. The molecule has 0 unspecified atom stereocenters. The number of ether oxygens (including phenoxy) is 1. The second kappa shape index (κ2) is 7.12. The molecule has 0 bridgehead atoms. The van der Waals surface area contributed by atoms with Crippen molar-refractivity contribution in [1.29, 1.82) is 0 Å². The summed E-state index contributed by atoms with van der Waals surface area (Å²) in [7, 11) is -3.76. The fourth-order valence-electron chi connectivity index (χ4n) is 1.37. The molecule has 0 aliphatic heterocycles. The first-order valence-electron chi connectivity index (χ1n) is 5.57. The van der Waals surface area contributed by atoms with Gasteiger partial charge in [-0.2, -0.15) is 0 Å². The Hall–Kier alpha value is -1.02. The van der Waals surface area contributed by atoms with Crippen LogP contribution in [0.25, 0.3) is 0 Å². The van der Waals surface area contributed by atoms with Crippen LogP contribution in [0.4, 0.5) is 5.69 Å². The third-order valence-electron chi connectivity index (χ3n) is 2.24. The molecule has 0 saturated heterocycles. The van der Waals surface area contributed by atoms with Gasteiger partial charge in [-0.3, -0.25) is 4.72 Å². The first-order valence-corrected chi connectivity index (χ1v) is 7.98. The van der Waals surface area contributed by atoms with Crippen LogP contribution in [0.15, 0.2) is 12.1 Å². The zero-order chi connectivity index (χ0) is 15.3. The maximum Gasteiger partial charge on any atom is 0.337 e. The van der Waals surface area contributed by atoms with Gasteiger partial charge in [-0.1, -0.05) is 23.2 Å². The average Bonchev–Trinajstić information content (AvgIpc) is 2.32. The Morgan fingerprint density at radius 3 is 2.60 bits per heavy atom. The molecule has 9 heteroatoms. The van der Waals surface area contributed by atoms with Gasteiger partial charge in [0, 0.05) is 11.6 Å². The molecule has 0 amide bonds. The normalized spacial score (nSPS) is 11.3. The highest BCUT2D eigenvalue weighted by Crippen LogP contribution is 2.31. The van der Waals surface area contributed by atoms with Crippen LogP contribution in [0.3, 0.4) is 0 Å². The maximum absolute atomic E-state index is 11.8. The van der Waals surface area contributed by atoms with Crippen LogP contribution < -0.4 is 4.72 Å². The van der Waals surface area contributed by atoms with E-state index in [4.69, 9.17) is 33.0 Å². The molecule has 0 fully saturated rings. The van der Waals surface area contributed by atoms with Gasteiger partial charge in [-0.15, -0.1) is 0 Å². The lowest BCUT2D eigenvalue weighted by atomic mass is 10.2. The van der Waals surface area contributed by atoms with Crippen molar-refractivity contribution in [3.63, 3.8) is 0 Å². The molecule has 0 atom stereocenters. The van der Waals surface area contributed by atoms with E-state index in [0.717, 1.165) is 6.07 Å². The minimum atomic E-state index is -3.76. The topological polar surface area (TPSA) is 92.7 Å². The minimum absolute atomic E-state index is 0.000549. The van der Waals surface area contributed by atoms with Gasteiger partial charge in [-0.25, -0.2) is 13.2 Å². The summed E-state index contributed by atoms with van der Waals surface area (Å²) in [5, 5.41) is 9.06. The molecular formula is C11H13Cl2NO5S. The monoisotopic (exact) mass is 341 g/mol. The highest BCUT2D eigenvalue weighted by molar-refractivity contribution is 7.92. The van der Waals surface area contributed by atoms with Crippen LogP contribution in [0, 0.1) is 0 Å². The lowest BCUT2D eigenvalue weighted by Gasteiger charge is -2.12. The minimum Gasteiger partial charge on any atom is -0.478 e. The fourth-order valence-corrected chi connectivity index (χ4v) is 2.93. The van der Waals surface area contributed by atoms with Crippen LogP contribution in [-0.4, -0.2) is 38.5 Å². The Bertz CT molecular complexity index is 603. The second-order valence-corrected chi connectivity index (χ2v) is 6.42. The number of hydrogen-bond donors (Lipinski definition) is 2. The summed E-state index contributed by atoms with van der Waals surface area (Å²) in [5.74, 6) is -1.64. The van der Waals surface area contributed by atoms with Crippen LogP contribution in [0.1, 0.15) is 17.3 Å². The Balaban J connectivity index is 3.05. The molecule has 0 saturated carbocycles. The van der Waals surface area contributed by atoms with Gasteiger partial charge in [0.2, 0.25) is 10.0 Å². The second-order valence-electron chi connectivity index (χ2n) is 3.73. The average molecular weight is 342 g/mol. The van der Waals surface area contributed by atoms with Gasteiger partial charge in [-0.05, 0) is 19.1 Å². The van der Waals surface area contributed by atoms with Crippen molar-refractivity contribution in [3.05, 3.63) is 27.7 Å². The molecule has 0 aliphatic rings. The van der Waals surface area contributed by atoms with Crippen molar-refractivity contribution in [2.75, 3.05) is 23.7 Å². The third-order valence-corrected chi connectivity index (χ3v) is 3.98. The number of anilines is 1. The molecular weight excluding hydrogens is 329 g/mol. The Kier molecular flexibility index (Phi) is 6.07. The van der Waals surface area contributed by atoms with E-state index in [1.54, 1.807) is 6.92 Å². The number of carboxylic acids is 1. The van der Waals surface area contributed by atoms with E-state index in [9.17, 15) is 13.2 Å². The molecule has 0 aliphatic carbocycles. The highest BCUT2D eigenvalue weighted by Gasteiger charge is 2.20. The van der Waals surface area contributed by atoms with E-state index < -0.39 is 16.0 Å². The van der Waals surface area contributed by atoms with Crippen molar-refractivity contribution in [3.8, 4) is 0 Å². The SMILES string of the molecule is CCOCCS(=O)(=O)Nc1c(Cl)cc(Cl)cc1C(=O)O. The Labute approximate surface area is 126 Å². The van der Waals surface area contributed by atoms with Crippen LogP contribution in [0.5, 0.6) is 0 Å². The molecule has 0 aromatic heterocycles. The molecule has 0 heterocycles. The molecule has 1 aromatic carbocycles. The smallest absolute Gasteiger partial charge is 0.337 e. The first-order chi connectivity index (χ1) is 9.26. The summed E-state index contributed by atoms with van der Waals surface area (Å²) in [6.07, 6.45) is 0. The zero-order valence-electron chi connectivity index (χ0n) is 10.5. The number of carbonyl (C=O) groups is 1. The summed E-state index contributed by atoms with van der Waals surface area (Å²) in [6.45, 7) is 2.12. The van der Waals surface area contributed by atoms with Gasteiger partial charge in [0.25, 0.3) is 0 Å². The van der Waals surface area contributed by atoms with Gasteiger partial charge < -0.3 is 9.84 Å². The van der Waals surface area contributed by atoms with Crippen LogP contribution >= 0.6 is 23.2 Å². The van der Waals surface area contributed by atoms with Gasteiger partial charge in [0.05, 0.1) is 28.6 Å². The van der Waals surface area contributed by atoms with Gasteiger partial charge in [0.15, 0.2) is 0 Å². The third kappa shape index (κ3) is 4.82. The lowest BCUT2D eigenvalue weighted by Crippen LogP contribution is -2.21. The first kappa shape index (κ1) is 17.0. The lowest BCUT2D eigenvalue weighted by molar-refractivity contribution is 0.0698. The number of halogens is 2. The predicted octanol–water partition coefficient (Wildman–Crippen LogP) is 2.47. The standard InChI is InChI=1S/C11H13Cl2NO5S/c1-2-19-3-4-20(17,18)14-10-8(11(15)16)5-7(12)6-9(10)13/h5-6,14H,2-4H2,1H3,(H,15,16). The van der Waals surface area contributed by atoms with Crippen molar-refractivity contribution in [2.24, 2.45) is 0 Å². The molecule has 0 spiro atoms.